The number of nitrogens with two attached hydrogens (primary N) is 1. The normalized spacial score (nSPS) is 12.1. The Morgan fingerprint density at radius 1 is 1.00 bits per heavy atom. The van der Waals surface area contributed by atoms with Gasteiger partial charge in [0.25, 0.3) is 0 Å². The number of aromatic nitrogens is 4. The Kier molecular flexibility index (Phi) is 8.92. The van der Waals surface area contributed by atoms with Gasteiger partial charge in [-0.2, -0.15) is 5.21 Å². The van der Waals surface area contributed by atoms with Gasteiger partial charge in [-0.1, -0.05) is 54.6 Å². The lowest BCUT2D eigenvalue weighted by Gasteiger charge is -2.24. The predicted molar refractivity (Wildman–Crippen MR) is 143 cm³/mol. The summed E-state index contributed by atoms with van der Waals surface area (Å²) in [6.45, 7) is 2.40. The Morgan fingerprint density at radius 3 is 2.30 bits per heavy atom. The van der Waals surface area contributed by atoms with Gasteiger partial charge in [0, 0.05) is 17.7 Å². The third-order valence-electron chi connectivity index (χ3n) is 6.04. The van der Waals surface area contributed by atoms with Crippen molar-refractivity contribution >= 4 is 11.8 Å². The molecule has 0 aliphatic heterocycles. The van der Waals surface area contributed by atoms with Crippen molar-refractivity contribution in [3.63, 3.8) is 0 Å². The molecule has 12 heteroatoms. The van der Waals surface area contributed by atoms with Crippen molar-refractivity contribution in [3.8, 4) is 22.5 Å². The number of hydrogen-bond acceptors (Lipinski definition) is 7. The molecule has 2 amide bonds. The van der Waals surface area contributed by atoms with E-state index in [1.807, 2.05) is 48.5 Å². The zero-order valence-electron chi connectivity index (χ0n) is 21.9. The first-order valence-corrected chi connectivity index (χ1v) is 12.4. The number of benzene rings is 3. The summed E-state index contributed by atoms with van der Waals surface area (Å²) < 4.78 is 33.3. The van der Waals surface area contributed by atoms with Crippen LogP contribution in [0.3, 0.4) is 0 Å². The standard InChI is InChI=1S/C28H29F2N7O3/c1-28(2,31)27(39)33-24(16-40-15-21-22(29)8-5-9-23(21)30)26(38)32-14-17-10-12-18(13-11-17)19-6-3-4-7-20(19)25-34-36-37-35-25/h3-13,24H,14-16,31H2,1-2H3,(H,32,38)(H,33,39)(H,34,35,36,37)/t24-/m1/s1. The number of carbonyl (C=O) groups excluding carboxylic acids is 2. The lowest BCUT2D eigenvalue weighted by atomic mass is 9.98. The molecule has 5 N–H and O–H groups in total. The van der Waals surface area contributed by atoms with Crippen molar-refractivity contribution in [2.24, 2.45) is 5.73 Å². The van der Waals surface area contributed by atoms with Crippen LogP contribution in [0, 0.1) is 11.6 Å². The second kappa shape index (κ2) is 12.5. The molecule has 0 bridgehead atoms. The van der Waals surface area contributed by atoms with E-state index in [0.717, 1.165) is 34.4 Å². The Hall–Kier alpha value is -4.55. The molecule has 40 heavy (non-hydrogen) atoms. The summed E-state index contributed by atoms with van der Waals surface area (Å²) >= 11 is 0. The number of aromatic amines is 1. The van der Waals surface area contributed by atoms with Gasteiger partial charge in [-0.05, 0) is 47.9 Å². The summed E-state index contributed by atoms with van der Waals surface area (Å²) in [4.78, 5) is 25.5. The molecule has 208 valence electrons. The molecule has 0 saturated carbocycles. The highest BCUT2D eigenvalue weighted by atomic mass is 19.1. The summed E-state index contributed by atoms with van der Waals surface area (Å²) in [5.74, 6) is -2.19. The second-order valence-corrected chi connectivity index (χ2v) is 9.66. The Bertz CT molecular complexity index is 1440. The van der Waals surface area contributed by atoms with E-state index in [-0.39, 0.29) is 18.7 Å². The lowest BCUT2D eigenvalue weighted by molar-refractivity contribution is -0.132. The SMILES string of the molecule is CC(C)(N)C(=O)N[C@H](COCc1c(F)cccc1F)C(=O)NCc1ccc(-c2ccccc2-c2nn[nH]n2)cc1. The largest absolute Gasteiger partial charge is 0.374 e. The van der Waals surface area contributed by atoms with Crippen LogP contribution in [0.4, 0.5) is 8.78 Å². The van der Waals surface area contributed by atoms with Gasteiger partial charge >= 0.3 is 0 Å². The van der Waals surface area contributed by atoms with Gasteiger partial charge in [-0.15, -0.1) is 10.2 Å². The number of rotatable bonds is 11. The minimum atomic E-state index is -1.26. The van der Waals surface area contributed by atoms with Crippen LogP contribution in [-0.4, -0.2) is 50.6 Å². The first-order valence-electron chi connectivity index (χ1n) is 12.4. The maximum absolute atomic E-state index is 13.9. The van der Waals surface area contributed by atoms with Gasteiger partial charge < -0.3 is 21.1 Å². The molecule has 0 spiro atoms. The molecule has 0 aliphatic rings. The lowest BCUT2D eigenvalue weighted by Crippen LogP contribution is -2.57. The molecule has 0 radical (unpaired) electrons. The molecule has 0 aliphatic carbocycles. The van der Waals surface area contributed by atoms with E-state index in [0.29, 0.717) is 5.82 Å². The summed E-state index contributed by atoms with van der Waals surface area (Å²) in [6, 6.07) is 17.5. The van der Waals surface area contributed by atoms with Crippen LogP contribution >= 0.6 is 0 Å². The molecular weight excluding hydrogens is 520 g/mol. The van der Waals surface area contributed by atoms with Crippen LogP contribution in [0.25, 0.3) is 22.5 Å². The Labute approximate surface area is 229 Å². The van der Waals surface area contributed by atoms with Crippen LogP contribution in [-0.2, 0) is 27.5 Å². The van der Waals surface area contributed by atoms with Gasteiger partial charge in [0.2, 0.25) is 17.6 Å². The Balaban J connectivity index is 1.41. The van der Waals surface area contributed by atoms with Gasteiger partial charge in [0.15, 0.2) is 0 Å². The van der Waals surface area contributed by atoms with Crippen molar-refractivity contribution in [2.75, 3.05) is 6.61 Å². The minimum Gasteiger partial charge on any atom is -0.374 e. The number of tetrazole rings is 1. The fourth-order valence-corrected chi connectivity index (χ4v) is 3.80. The number of carbonyl (C=O) groups is 2. The third-order valence-corrected chi connectivity index (χ3v) is 6.04. The fraction of sp³-hybridized carbons (Fsp3) is 0.250. The van der Waals surface area contributed by atoms with E-state index in [9.17, 15) is 18.4 Å². The molecule has 0 fully saturated rings. The van der Waals surface area contributed by atoms with E-state index in [1.54, 1.807) is 0 Å². The number of halogens is 2. The first-order chi connectivity index (χ1) is 19.1. The molecule has 0 saturated heterocycles. The van der Waals surface area contributed by atoms with Crippen molar-refractivity contribution in [1.29, 1.82) is 0 Å². The van der Waals surface area contributed by atoms with E-state index < -0.39 is 41.6 Å². The molecule has 4 aromatic rings. The zero-order chi connectivity index (χ0) is 28.7. The molecule has 1 aromatic heterocycles. The zero-order valence-corrected chi connectivity index (χ0v) is 21.9. The molecule has 1 heterocycles. The molecular formula is C28H29F2N7O3. The number of hydrogen-bond donors (Lipinski definition) is 4. The maximum atomic E-state index is 13.9. The average molecular weight is 550 g/mol. The molecule has 4 rings (SSSR count). The molecule has 3 aromatic carbocycles. The van der Waals surface area contributed by atoms with Crippen molar-refractivity contribution in [3.05, 3.63) is 89.5 Å². The minimum absolute atomic E-state index is 0.159. The Morgan fingerprint density at radius 2 is 1.68 bits per heavy atom. The van der Waals surface area contributed by atoms with Crippen LogP contribution in [0.5, 0.6) is 0 Å². The van der Waals surface area contributed by atoms with E-state index in [1.165, 1.54) is 19.9 Å². The third kappa shape index (κ3) is 7.10. The van der Waals surface area contributed by atoms with Crippen LogP contribution in [0.1, 0.15) is 25.0 Å². The summed E-state index contributed by atoms with van der Waals surface area (Å²) in [5, 5.41) is 19.5. The number of H-pyrrole nitrogens is 1. The highest BCUT2D eigenvalue weighted by Crippen LogP contribution is 2.29. The maximum Gasteiger partial charge on any atom is 0.245 e. The van der Waals surface area contributed by atoms with Crippen LogP contribution in [0.15, 0.2) is 66.7 Å². The summed E-state index contributed by atoms with van der Waals surface area (Å²) in [7, 11) is 0. The summed E-state index contributed by atoms with van der Waals surface area (Å²) in [5.41, 5.74) is 7.77. The first kappa shape index (κ1) is 28.5. The van der Waals surface area contributed by atoms with Crippen LogP contribution < -0.4 is 16.4 Å². The quantitative estimate of drug-likeness (QED) is 0.225. The fourth-order valence-electron chi connectivity index (χ4n) is 3.80. The van der Waals surface area contributed by atoms with Gasteiger partial charge in [0.05, 0.1) is 18.8 Å². The van der Waals surface area contributed by atoms with Crippen LogP contribution in [0.2, 0.25) is 0 Å². The van der Waals surface area contributed by atoms with Gasteiger partial charge in [-0.25, -0.2) is 8.78 Å². The molecule has 1 atom stereocenters. The van der Waals surface area contributed by atoms with Crippen molar-refractivity contribution < 1.29 is 23.1 Å². The van der Waals surface area contributed by atoms with E-state index in [2.05, 4.69) is 31.3 Å². The topological polar surface area (TPSA) is 148 Å². The number of nitrogens with one attached hydrogen (secondary N) is 3. The second-order valence-electron chi connectivity index (χ2n) is 9.66. The van der Waals surface area contributed by atoms with Crippen molar-refractivity contribution in [1.82, 2.24) is 31.3 Å². The van der Waals surface area contributed by atoms with E-state index in [4.69, 9.17) is 10.5 Å². The smallest absolute Gasteiger partial charge is 0.245 e. The molecule has 10 nitrogen and oxygen atoms in total. The number of nitrogens with zero attached hydrogens (tertiary/aromatic N) is 3. The predicted octanol–water partition coefficient (Wildman–Crippen LogP) is 2.87. The highest BCUT2D eigenvalue weighted by Gasteiger charge is 2.28. The van der Waals surface area contributed by atoms with Gasteiger partial charge in [-0.3, -0.25) is 9.59 Å². The number of ether oxygens (including phenoxy) is 1. The van der Waals surface area contributed by atoms with E-state index >= 15 is 0 Å². The molecule has 0 unspecified atom stereocenters. The average Bonchev–Trinajstić information content (AvgIpc) is 3.47. The number of amides is 2. The van der Waals surface area contributed by atoms with Gasteiger partial charge in [0.1, 0.15) is 17.7 Å². The van der Waals surface area contributed by atoms with Crippen molar-refractivity contribution in [2.45, 2.75) is 38.6 Å². The highest BCUT2D eigenvalue weighted by molar-refractivity contribution is 5.91. The monoisotopic (exact) mass is 549 g/mol. The summed E-state index contributed by atoms with van der Waals surface area (Å²) in [6.07, 6.45) is 0.